The van der Waals surface area contributed by atoms with Crippen molar-refractivity contribution in [1.29, 1.82) is 0 Å². The second-order valence-corrected chi connectivity index (χ2v) is 8.88. The van der Waals surface area contributed by atoms with Gasteiger partial charge < -0.3 is 30.7 Å². The predicted molar refractivity (Wildman–Crippen MR) is 116 cm³/mol. The summed E-state index contributed by atoms with van der Waals surface area (Å²) in [5.41, 5.74) is 0.497. The molecule has 4 N–H and O–H groups in total. The van der Waals surface area contributed by atoms with Gasteiger partial charge in [0.2, 0.25) is 0 Å². The summed E-state index contributed by atoms with van der Waals surface area (Å²) >= 11 is 0. The van der Waals surface area contributed by atoms with E-state index in [4.69, 9.17) is 4.74 Å². The molecule has 0 aliphatic carbocycles. The Bertz CT molecular complexity index is 702. The number of ether oxygens (including phenoxy) is 1. The highest BCUT2D eigenvalue weighted by atomic mass is 19.1. The van der Waals surface area contributed by atoms with E-state index in [1.807, 2.05) is 13.8 Å². The Morgan fingerprint density at radius 2 is 1.97 bits per heavy atom. The summed E-state index contributed by atoms with van der Waals surface area (Å²) in [5, 5.41) is 19.6. The number of anilines is 2. The number of hydrogen-bond acceptors (Lipinski definition) is 5. The highest BCUT2D eigenvalue weighted by Crippen LogP contribution is 2.25. The topological polar surface area (TPSA) is 85.9 Å². The van der Waals surface area contributed by atoms with E-state index in [2.05, 4.69) is 20.9 Å². The standard InChI is InChI=1S/C22H35FN4O3/c1-16(2)25-19-4-3-18(23)13-20(19)26-21(28)24-14-17-5-9-27(10-6-17)15-22(29)7-11-30-12-8-22/h3-4,13,16-17,25,29H,5-12,14-15H2,1-2H3,(H2,24,26,28). The zero-order valence-electron chi connectivity index (χ0n) is 18.0. The number of benzene rings is 1. The molecule has 0 unspecified atom stereocenters. The Labute approximate surface area is 178 Å². The summed E-state index contributed by atoms with van der Waals surface area (Å²) in [6.07, 6.45) is 3.35. The maximum Gasteiger partial charge on any atom is 0.319 e. The van der Waals surface area contributed by atoms with Gasteiger partial charge in [-0.2, -0.15) is 0 Å². The average molecular weight is 423 g/mol. The molecule has 1 aromatic rings. The number of amides is 2. The molecule has 2 saturated heterocycles. The van der Waals surface area contributed by atoms with E-state index in [-0.39, 0.29) is 12.1 Å². The molecule has 0 bridgehead atoms. The monoisotopic (exact) mass is 422 g/mol. The molecular weight excluding hydrogens is 387 g/mol. The minimum Gasteiger partial charge on any atom is -0.388 e. The first kappa shape index (κ1) is 22.8. The Hall–Kier alpha value is -1.90. The molecule has 2 aliphatic heterocycles. The molecule has 7 nitrogen and oxygen atoms in total. The Kier molecular flexibility index (Phi) is 7.91. The molecule has 2 aliphatic rings. The number of likely N-dealkylation sites (tertiary alicyclic amines) is 1. The quantitative estimate of drug-likeness (QED) is 0.543. The highest BCUT2D eigenvalue weighted by molar-refractivity contribution is 5.93. The van der Waals surface area contributed by atoms with Gasteiger partial charge in [-0.3, -0.25) is 0 Å². The lowest BCUT2D eigenvalue weighted by atomic mass is 9.91. The molecule has 0 radical (unpaired) electrons. The van der Waals surface area contributed by atoms with E-state index in [0.717, 1.165) is 25.9 Å². The Morgan fingerprint density at radius 1 is 1.27 bits per heavy atom. The minimum absolute atomic E-state index is 0.170. The van der Waals surface area contributed by atoms with Crippen molar-refractivity contribution in [2.75, 3.05) is 50.0 Å². The van der Waals surface area contributed by atoms with E-state index in [1.54, 1.807) is 6.07 Å². The van der Waals surface area contributed by atoms with Crippen LogP contribution in [-0.2, 0) is 4.74 Å². The molecule has 2 amide bonds. The van der Waals surface area contributed by atoms with Crippen LogP contribution in [0.1, 0.15) is 39.5 Å². The zero-order valence-corrected chi connectivity index (χ0v) is 18.0. The molecule has 30 heavy (non-hydrogen) atoms. The van der Waals surface area contributed by atoms with Crippen molar-refractivity contribution in [3.8, 4) is 0 Å². The van der Waals surface area contributed by atoms with Crippen LogP contribution >= 0.6 is 0 Å². The van der Waals surface area contributed by atoms with Crippen LogP contribution in [0.15, 0.2) is 18.2 Å². The number of halogens is 1. The third kappa shape index (κ3) is 6.82. The zero-order chi connectivity index (χ0) is 21.6. The summed E-state index contributed by atoms with van der Waals surface area (Å²) in [6, 6.07) is 4.17. The second kappa shape index (κ2) is 10.4. The van der Waals surface area contributed by atoms with Crippen LogP contribution in [0, 0.1) is 11.7 Å². The molecular formula is C22H35FN4O3. The van der Waals surface area contributed by atoms with Gasteiger partial charge in [-0.25, -0.2) is 9.18 Å². The van der Waals surface area contributed by atoms with Gasteiger partial charge in [-0.1, -0.05) is 0 Å². The van der Waals surface area contributed by atoms with Crippen LogP contribution in [0.3, 0.4) is 0 Å². The maximum absolute atomic E-state index is 13.6. The first-order valence-electron chi connectivity index (χ1n) is 11.0. The summed E-state index contributed by atoms with van der Waals surface area (Å²) in [7, 11) is 0. The summed E-state index contributed by atoms with van der Waals surface area (Å²) in [5.74, 6) is 0.00950. The van der Waals surface area contributed by atoms with Crippen molar-refractivity contribution in [2.45, 2.75) is 51.2 Å². The fourth-order valence-corrected chi connectivity index (χ4v) is 4.13. The van der Waals surface area contributed by atoms with Crippen LogP contribution in [-0.4, -0.2) is 67.1 Å². The molecule has 1 aromatic carbocycles. The van der Waals surface area contributed by atoms with Gasteiger partial charge in [0.25, 0.3) is 0 Å². The third-order valence-corrected chi connectivity index (χ3v) is 5.87. The van der Waals surface area contributed by atoms with E-state index in [9.17, 15) is 14.3 Å². The number of β-amino-alcohol motifs (C(OH)–C–C–N with tert-alkyl or cyclic N) is 1. The minimum atomic E-state index is -0.629. The second-order valence-electron chi connectivity index (χ2n) is 8.88. The van der Waals surface area contributed by atoms with Crippen molar-refractivity contribution in [2.24, 2.45) is 5.92 Å². The number of urea groups is 1. The summed E-state index contributed by atoms with van der Waals surface area (Å²) < 4.78 is 19.0. The molecule has 2 fully saturated rings. The molecule has 0 saturated carbocycles. The Balaban J connectivity index is 1.41. The van der Waals surface area contributed by atoms with Gasteiger partial charge in [0.1, 0.15) is 5.82 Å². The van der Waals surface area contributed by atoms with Gasteiger partial charge in [0, 0.05) is 45.2 Å². The molecule has 0 spiro atoms. The number of carbonyl (C=O) groups excluding carboxylic acids is 1. The van der Waals surface area contributed by atoms with E-state index in [0.29, 0.717) is 56.4 Å². The number of carbonyl (C=O) groups is 1. The smallest absolute Gasteiger partial charge is 0.319 e. The van der Waals surface area contributed by atoms with Crippen molar-refractivity contribution >= 4 is 17.4 Å². The van der Waals surface area contributed by atoms with Gasteiger partial charge in [-0.05, 0) is 63.9 Å². The highest BCUT2D eigenvalue weighted by Gasteiger charge is 2.33. The molecule has 3 rings (SSSR count). The normalized spacial score (nSPS) is 20.2. The van der Waals surface area contributed by atoms with Crippen molar-refractivity contribution < 1.29 is 19.0 Å². The predicted octanol–water partition coefficient (Wildman–Crippen LogP) is 3.02. The molecule has 168 valence electrons. The van der Waals surface area contributed by atoms with Crippen LogP contribution in [0.25, 0.3) is 0 Å². The van der Waals surface area contributed by atoms with E-state index < -0.39 is 11.4 Å². The van der Waals surface area contributed by atoms with Gasteiger partial charge in [0.15, 0.2) is 0 Å². The van der Waals surface area contributed by atoms with Crippen molar-refractivity contribution in [1.82, 2.24) is 10.2 Å². The van der Waals surface area contributed by atoms with Crippen LogP contribution in [0.5, 0.6) is 0 Å². The summed E-state index contributed by atoms with van der Waals surface area (Å²) in [6.45, 7) is 8.35. The van der Waals surface area contributed by atoms with E-state index >= 15 is 0 Å². The number of aliphatic hydroxyl groups is 1. The fraction of sp³-hybridized carbons (Fsp3) is 0.682. The van der Waals surface area contributed by atoms with Gasteiger partial charge in [0.05, 0.1) is 17.0 Å². The molecule has 0 atom stereocenters. The lowest BCUT2D eigenvalue weighted by Gasteiger charge is -2.39. The van der Waals surface area contributed by atoms with Crippen LogP contribution in [0.4, 0.5) is 20.6 Å². The van der Waals surface area contributed by atoms with E-state index in [1.165, 1.54) is 12.1 Å². The number of nitrogens with one attached hydrogen (secondary N) is 3. The number of piperidine rings is 1. The van der Waals surface area contributed by atoms with Crippen molar-refractivity contribution in [3.05, 3.63) is 24.0 Å². The van der Waals surface area contributed by atoms with Gasteiger partial charge in [-0.15, -0.1) is 0 Å². The third-order valence-electron chi connectivity index (χ3n) is 5.87. The molecule has 0 aromatic heterocycles. The number of hydrogen-bond donors (Lipinski definition) is 4. The number of nitrogens with zero attached hydrogens (tertiary/aromatic N) is 1. The largest absolute Gasteiger partial charge is 0.388 e. The van der Waals surface area contributed by atoms with Crippen molar-refractivity contribution in [3.63, 3.8) is 0 Å². The SMILES string of the molecule is CC(C)Nc1ccc(F)cc1NC(=O)NCC1CCN(CC2(O)CCOCC2)CC1. The first-order valence-corrected chi connectivity index (χ1v) is 11.0. The first-order chi connectivity index (χ1) is 14.3. The van der Waals surface area contributed by atoms with Crippen LogP contribution in [0.2, 0.25) is 0 Å². The maximum atomic E-state index is 13.6. The van der Waals surface area contributed by atoms with Gasteiger partial charge >= 0.3 is 6.03 Å². The fourth-order valence-electron chi connectivity index (χ4n) is 4.13. The molecule has 2 heterocycles. The average Bonchev–Trinajstić information content (AvgIpc) is 2.69. The number of rotatable bonds is 7. The lowest BCUT2D eigenvalue weighted by Crippen LogP contribution is -2.49. The lowest BCUT2D eigenvalue weighted by molar-refractivity contribution is -0.0829. The Morgan fingerprint density at radius 3 is 2.63 bits per heavy atom. The summed E-state index contributed by atoms with van der Waals surface area (Å²) in [4.78, 5) is 14.7. The molecule has 8 heteroatoms. The van der Waals surface area contributed by atoms with Crippen LogP contribution < -0.4 is 16.0 Å².